The second-order valence-electron chi connectivity index (χ2n) is 13.5. The van der Waals surface area contributed by atoms with Crippen molar-refractivity contribution in [3.63, 3.8) is 0 Å². The standard InChI is InChI=1S/C40H53N3/c1-31-13-10-11-27-42(37-23-19-35(20-24-37)36-29-41(3)30-36)28-12-18-40(32(31)2)43(38-16-8-5-9-17-38)39-25-21-34(22-26-39)33-14-6-4-7-15-33/h4-6,8,12-13,18-19,21,23,25-26,29,33-34,38H,7,9-11,14-17,20,22,24,27-28,30H2,1-3H3/b18-12-,31-13+,40-32-. The van der Waals surface area contributed by atoms with Crippen LogP contribution in [-0.2, 0) is 0 Å². The molecular formula is C40H53N3. The van der Waals surface area contributed by atoms with Crippen LogP contribution >= 0.6 is 0 Å². The molecule has 0 aromatic heterocycles. The summed E-state index contributed by atoms with van der Waals surface area (Å²) in [6.07, 6.45) is 44.8. The molecule has 0 saturated heterocycles. The van der Waals surface area contributed by atoms with E-state index in [0.717, 1.165) is 51.2 Å². The molecule has 0 fully saturated rings. The van der Waals surface area contributed by atoms with E-state index in [9.17, 15) is 0 Å². The lowest BCUT2D eigenvalue weighted by Gasteiger charge is -2.39. The van der Waals surface area contributed by atoms with Gasteiger partial charge in [-0.05, 0) is 131 Å². The number of hydrogen-bond donors (Lipinski definition) is 0. The van der Waals surface area contributed by atoms with Gasteiger partial charge in [0.25, 0.3) is 0 Å². The van der Waals surface area contributed by atoms with Crippen LogP contribution in [0.2, 0.25) is 0 Å². The number of rotatable bonds is 6. The van der Waals surface area contributed by atoms with Gasteiger partial charge in [-0.3, -0.25) is 0 Å². The van der Waals surface area contributed by atoms with Gasteiger partial charge in [0.1, 0.15) is 0 Å². The highest BCUT2D eigenvalue weighted by molar-refractivity contribution is 5.43. The molecule has 0 spiro atoms. The lowest BCUT2D eigenvalue weighted by molar-refractivity contribution is 0.297. The van der Waals surface area contributed by atoms with Crippen molar-refractivity contribution >= 4 is 0 Å². The van der Waals surface area contributed by atoms with Crippen LogP contribution in [0.5, 0.6) is 0 Å². The predicted octanol–water partition coefficient (Wildman–Crippen LogP) is 9.52. The van der Waals surface area contributed by atoms with Gasteiger partial charge in [-0.15, -0.1) is 0 Å². The molecule has 228 valence electrons. The highest BCUT2D eigenvalue weighted by atomic mass is 15.2. The average molecular weight is 576 g/mol. The maximum absolute atomic E-state index is 2.72. The molecule has 0 aromatic carbocycles. The third-order valence-electron chi connectivity index (χ3n) is 10.6. The summed E-state index contributed by atoms with van der Waals surface area (Å²) in [6.45, 7) is 7.88. The van der Waals surface area contributed by atoms with E-state index < -0.39 is 0 Å². The fourth-order valence-electron chi connectivity index (χ4n) is 7.75. The van der Waals surface area contributed by atoms with E-state index in [4.69, 9.17) is 0 Å². The summed E-state index contributed by atoms with van der Waals surface area (Å²) < 4.78 is 0. The van der Waals surface area contributed by atoms with Crippen molar-refractivity contribution in [2.45, 2.75) is 90.5 Å². The molecule has 0 N–H and O–H groups in total. The van der Waals surface area contributed by atoms with Crippen molar-refractivity contribution in [2.24, 2.45) is 11.8 Å². The molecule has 0 aromatic rings. The quantitative estimate of drug-likeness (QED) is 0.292. The van der Waals surface area contributed by atoms with Crippen LogP contribution in [0, 0.1) is 11.8 Å². The zero-order valence-corrected chi connectivity index (χ0v) is 27.0. The first-order chi connectivity index (χ1) is 21.1. The summed E-state index contributed by atoms with van der Waals surface area (Å²) >= 11 is 0. The Morgan fingerprint density at radius 1 is 0.814 bits per heavy atom. The molecular weight excluding hydrogens is 522 g/mol. The van der Waals surface area contributed by atoms with Gasteiger partial charge in [0.05, 0.1) is 0 Å². The Kier molecular flexibility index (Phi) is 9.76. The Bertz CT molecular complexity index is 1340. The molecule has 2 heterocycles. The van der Waals surface area contributed by atoms with Gasteiger partial charge in [0.2, 0.25) is 0 Å². The van der Waals surface area contributed by atoms with Crippen LogP contribution in [0.3, 0.4) is 0 Å². The maximum Gasteiger partial charge on any atom is 0.0443 e. The molecule has 3 unspecified atom stereocenters. The fraction of sp³-hybridized carbons (Fsp3) is 0.500. The Hall–Kier alpha value is -3.20. The van der Waals surface area contributed by atoms with Gasteiger partial charge >= 0.3 is 0 Å². The normalized spacial score (nSPS) is 32.0. The Morgan fingerprint density at radius 3 is 2.33 bits per heavy atom. The van der Waals surface area contributed by atoms with E-state index >= 15 is 0 Å². The Labute approximate surface area is 261 Å². The van der Waals surface area contributed by atoms with Gasteiger partial charge in [-0.25, -0.2) is 0 Å². The summed E-state index contributed by atoms with van der Waals surface area (Å²) in [5.74, 6) is 1.47. The Balaban J connectivity index is 1.26. The molecule has 3 heteroatoms. The minimum atomic E-state index is 0.503. The lowest BCUT2D eigenvalue weighted by Crippen LogP contribution is -2.35. The van der Waals surface area contributed by atoms with Gasteiger partial charge in [-0.1, -0.05) is 60.3 Å². The van der Waals surface area contributed by atoms with Crippen molar-refractivity contribution in [3.05, 3.63) is 118 Å². The molecule has 0 bridgehead atoms. The molecule has 0 amide bonds. The van der Waals surface area contributed by atoms with E-state index in [1.54, 1.807) is 0 Å². The molecule has 4 aliphatic carbocycles. The highest BCUT2D eigenvalue weighted by Crippen LogP contribution is 2.37. The van der Waals surface area contributed by atoms with E-state index in [1.807, 2.05) is 0 Å². The summed E-state index contributed by atoms with van der Waals surface area (Å²) in [5, 5.41) is 0. The summed E-state index contributed by atoms with van der Waals surface area (Å²) in [7, 11) is 2.16. The first-order valence-electron chi connectivity index (χ1n) is 17.1. The molecule has 0 radical (unpaired) electrons. The fourth-order valence-corrected chi connectivity index (χ4v) is 7.75. The van der Waals surface area contributed by atoms with Crippen molar-refractivity contribution in [1.29, 1.82) is 0 Å². The topological polar surface area (TPSA) is 9.72 Å². The average Bonchev–Trinajstić information content (AvgIpc) is 3.07. The number of nitrogens with zero attached hydrogens (tertiary/aromatic N) is 3. The van der Waals surface area contributed by atoms with Gasteiger partial charge < -0.3 is 14.7 Å². The van der Waals surface area contributed by atoms with Gasteiger partial charge in [0.15, 0.2) is 0 Å². The number of allylic oxidation sites excluding steroid dienone is 13. The smallest absolute Gasteiger partial charge is 0.0443 e. The number of hydrogen-bond acceptors (Lipinski definition) is 3. The zero-order chi connectivity index (χ0) is 29.6. The summed E-state index contributed by atoms with van der Waals surface area (Å²) in [4.78, 5) is 7.64. The molecule has 43 heavy (non-hydrogen) atoms. The lowest BCUT2D eigenvalue weighted by atomic mass is 9.79. The first-order valence-corrected chi connectivity index (χ1v) is 17.1. The van der Waals surface area contributed by atoms with Crippen LogP contribution in [0.25, 0.3) is 0 Å². The van der Waals surface area contributed by atoms with Crippen molar-refractivity contribution < 1.29 is 0 Å². The van der Waals surface area contributed by atoms with E-state index in [0.29, 0.717) is 12.0 Å². The SMILES string of the molecule is CC1=C(N(C2=CCC(C3CC=CCC3)C=C2)C2CC=CCC2)\C=C/CN(C2=CC=C(C3=CN(C)C3)CC2)CCC\C=C\1C. The molecule has 3 nitrogen and oxygen atoms in total. The first kappa shape index (κ1) is 29.9. The summed E-state index contributed by atoms with van der Waals surface area (Å²) in [6, 6.07) is 0.503. The second kappa shape index (κ2) is 14.1. The second-order valence-corrected chi connectivity index (χ2v) is 13.5. The van der Waals surface area contributed by atoms with Gasteiger partial charge in [0, 0.05) is 56.0 Å². The Morgan fingerprint density at radius 2 is 1.65 bits per heavy atom. The van der Waals surface area contributed by atoms with Crippen molar-refractivity contribution in [1.82, 2.24) is 14.7 Å². The van der Waals surface area contributed by atoms with Crippen LogP contribution in [0.15, 0.2) is 118 Å². The molecule has 2 aliphatic heterocycles. The van der Waals surface area contributed by atoms with Gasteiger partial charge in [-0.2, -0.15) is 0 Å². The van der Waals surface area contributed by atoms with Crippen molar-refractivity contribution in [2.75, 3.05) is 26.7 Å². The zero-order valence-electron chi connectivity index (χ0n) is 27.0. The van der Waals surface area contributed by atoms with E-state index in [1.165, 1.54) is 84.3 Å². The molecule has 6 rings (SSSR count). The minimum absolute atomic E-state index is 0.503. The van der Waals surface area contributed by atoms with E-state index in [2.05, 4.69) is 115 Å². The maximum atomic E-state index is 2.72. The van der Waals surface area contributed by atoms with Crippen LogP contribution in [0.4, 0.5) is 0 Å². The monoisotopic (exact) mass is 575 g/mol. The third-order valence-corrected chi connectivity index (χ3v) is 10.6. The molecule has 3 atom stereocenters. The van der Waals surface area contributed by atoms with Crippen LogP contribution in [0.1, 0.15) is 84.5 Å². The van der Waals surface area contributed by atoms with E-state index in [-0.39, 0.29) is 0 Å². The van der Waals surface area contributed by atoms with Crippen molar-refractivity contribution in [3.8, 4) is 0 Å². The minimum Gasteiger partial charge on any atom is -0.376 e. The largest absolute Gasteiger partial charge is 0.376 e. The number of likely N-dealkylation sites (N-methyl/N-ethyl adjacent to an activating group) is 1. The molecule has 6 aliphatic rings. The third kappa shape index (κ3) is 7.14. The van der Waals surface area contributed by atoms with Crippen LogP contribution in [-0.4, -0.2) is 47.4 Å². The highest BCUT2D eigenvalue weighted by Gasteiger charge is 2.28. The molecule has 0 saturated carbocycles. The predicted molar refractivity (Wildman–Crippen MR) is 183 cm³/mol. The summed E-state index contributed by atoms with van der Waals surface area (Å²) in [5.41, 5.74) is 10.2. The van der Waals surface area contributed by atoms with Crippen LogP contribution < -0.4 is 0 Å².